The Morgan fingerprint density at radius 3 is 2.47 bits per heavy atom. The van der Waals surface area contributed by atoms with E-state index < -0.39 is 17.9 Å². The van der Waals surface area contributed by atoms with Crippen molar-refractivity contribution in [1.82, 2.24) is 5.43 Å². The number of carboxylic acid groups (broad SMARTS) is 1. The van der Waals surface area contributed by atoms with Gasteiger partial charge in [0.1, 0.15) is 4.88 Å². The van der Waals surface area contributed by atoms with Crippen LogP contribution in [0.3, 0.4) is 0 Å². The fourth-order valence-corrected chi connectivity index (χ4v) is 4.54. The summed E-state index contributed by atoms with van der Waals surface area (Å²) in [6.45, 7) is 2.01. The maximum Gasteiger partial charge on any atom is 0.348 e. The summed E-state index contributed by atoms with van der Waals surface area (Å²) in [5, 5.41) is 10.4. The van der Waals surface area contributed by atoms with Gasteiger partial charge >= 0.3 is 5.97 Å². The van der Waals surface area contributed by atoms with E-state index in [1.165, 1.54) is 17.0 Å². The van der Waals surface area contributed by atoms with Gasteiger partial charge < -0.3 is 10.0 Å². The molecule has 1 atom stereocenters. The van der Waals surface area contributed by atoms with Crippen molar-refractivity contribution in [2.75, 3.05) is 11.4 Å². The van der Waals surface area contributed by atoms with E-state index in [0.29, 0.717) is 5.02 Å². The number of nitrogens with zero attached hydrogens (tertiary/aromatic N) is 1. The Bertz CT molecular complexity index is 1070. The molecule has 0 aliphatic rings. The first-order valence-electron chi connectivity index (χ1n) is 8.98. The van der Waals surface area contributed by atoms with Crippen molar-refractivity contribution < 1.29 is 14.7 Å². The van der Waals surface area contributed by atoms with Crippen molar-refractivity contribution in [3.8, 4) is 10.4 Å². The lowest BCUT2D eigenvalue weighted by atomic mass is 10.1. The molecule has 9 heteroatoms. The standard InChI is InChI=1S/C21H19Cl2N3O3S/c1-12(11-25-24)26(20(27)15-8-7-14(22)9-16(15)23)17-10-18(30-19(17)21(28)29)13-5-3-2-4-6-13/h2-10,12,25H,11,24H2,1H3,(H,28,29). The van der Waals surface area contributed by atoms with Crippen LogP contribution in [-0.4, -0.2) is 29.6 Å². The number of carbonyl (C=O) groups excluding carboxylic acids is 1. The molecule has 3 rings (SSSR count). The molecule has 0 radical (unpaired) electrons. The smallest absolute Gasteiger partial charge is 0.348 e. The molecule has 1 unspecified atom stereocenters. The molecule has 0 spiro atoms. The van der Waals surface area contributed by atoms with Crippen LogP contribution in [0.2, 0.25) is 10.0 Å². The summed E-state index contributed by atoms with van der Waals surface area (Å²) >= 11 is 13.3. The van der Waals surface area contributed by atoms with Crippen LogP contribution in [0.1, 0.15) is 27.0 Å². The van der Waals surface area contributed by atoms with Gasteiger partial charge in [-0.05, 0) is 36.8 Å². The Balaban J connectivity index is 2.15. The molecular weight excluding hydrogens is 445 g/mol. The van der Waals surface area contributed by atoms with Crippen LogP contribution in [0.25, 0.3) is 10.4 Å². The van der Waals surface area contributed by atoms with E-state index in [2.05, 4.69) is 5.43 Å². The van der Waals surface area contributed by atoms with Gasteiger partial charge in [-0.2, -0.15) is 0 Å². The quantitative estimate of drug-likeness (QED) is 0.341. The Kier molecular flexibility index (Phi) is 7.12. The van der Waals surface area contributed by atoms with E-state index >= 15 is 0 Å². The van der Waals surface area contributed by atoms with E-state index in [1.54, 1.807) is 19.1 Å². The maximum absolute atomic E-state index is 13.5. The molecular formula is C21H19Cl2N3O3S. The van der Waals surface area contributed by atoms with Gasteiger partial charge in [0.2, 0.25) is 0 Å². The van der Waals surface area contributed by atoms with Crippen LogP contribution in [-0.2, 0) is 0 Å². The van der Waals surface area contributed by atoms with Crippen molar-refractivity contribution >= 4 is 52.1 Å². The van der Waals surface area contributed by atoms with Crippen molar-refractivity contribution in [2.45, 2.75) is 13.0 Å². The largest absolute Gasteiger partial charge is 0.477 e. The van der Waals surface area contributed by atoms with E-state index in [9.17, 15) is 14.7 Å². The highest BCUT2D eigenvalue weighted by Crippen LogP contribution is 2.38. The number of aromatic carboxylic acids is 1. The summed E-state index contributed by atoms with van der Waals surface area (Å²) in [6, 6.07) is 15.2. The highest BCUT2D eigenvalue weighted by Gasteiger charge is 2.30. The summed E-state index contributed by atoms with van der Waals surface area (Å²) in [4.78, 5) is 27.7. The molecule has 0 saturated carbocycles. The van der Waals surface area contributed by atoms with Crippen LogP contribution >= 0.6 is 34.5 Å². The lowest BCUT2D eigenvalue weighted by Crippen LogP contribution is -2.46. The number of thiophene rings is 1. The van der Waals surface area contributed by atoms with Gasteiger partial charge in [0.05, 0.1) is 16.3 Å². The molecule has 0 fully saturated rings. The minimum atomic E-state index is -1.12. The molecule has 1 amide bonds. The zero-order chi connectivity index (χ0) is 21.8. The molecule has 0 aliphatic carbocycles. The summed E-state index contributed by atoms with van der Waals surface area (Å²) in [6.07, 6.45) is 0. The van der Waals surface area contributed by atoms with Crippen molar-refractivity contribution in [3.05, 3.63) is 75.1 Å². The fourth-order valence-electron chi connectivity index (χ4n) is 3.06. The van der Waals surface area contributed by atoms with Crippen molar-refractivity contribution in [2.24, 2.45) is 5.84 Å². The van der Waals surface area contributed by atoms with Gasteiger partial charge in [0.25, 0.3) is 5.91 Å². The Morgan fingerprint density at radius 2 is 1.87 bits per heavy atom. The van der Waals surface area contributed by atoms with Crippen LogP contribution < -0.4 is 16.2 Å². The Hall–Kier alpha value is -2.42. The number of hydrogen-bond donors (Lipinski definition) is 3. The van der Waals surface area contributed by atoms with Gasteiger partial charge in [-0.15, -0.1) is 11.3 Å². The van der Waals surface area contributed by atoms with Crippen LogP contribution in [0.15, 0.2) is 54.6 Å². The average Bonchev–Trinajstić information content (AvgIpc) is 3.14. The number of nitrogens with two attached hydrogens (primary N) is 1. The number of halogens is 2. The number of hydrogen-bond acceptors (Lipinski definition) is 5. The summed E-state index contributed by atoms with van der Waals surface area (Å²) in [5.41, 5.74) is 3.90. The number of benzene rings is 2. The topological polar surface area (TPSA) is 95.7 Å². The molecule has 2 aromatic carbocycles. The number of carboxylic acids is 1. The molecule has 30 heavy (non-hydrogen) atoms. The molecule has 1 heterocycles. The van der Waals surface area contributed by atoms with Crippen molar-refractivity contribution in [3.63, 3.8) is 0 Å². The first-order valence-corrected chi connectivity index (χ1v) is 10.5. The summed E-state index contributed by atoms with van der Waals surface area (Å²) in [5.74, 6) is 3.92. The predicted molar refractivity (Wildman–Crippen MR) is 122 cm³/mol. The highest BCUT2D eigenvalue weighted by atomic mass is 35.5. The SMILES string of the molecule is CC(CNN)N(C(=O)c1ccc(Cl)cc1Cl)c1cc(-c2ccccc2)sc1C(=O)O. The summed E-state index contributed by atoms with van der Waals surface area (Å²) < 4.78 is 0. The lowest BCUT2D eigenvalue weighted by molar-refractivity contribution is 0.0703. The van der Waals surface area contributed by atoms with Gasteiger partial charge in [-0.3, -0.25) is 16.1 Å². The second-order valence-corrected chi connectivity index (χ2v) is 8.45. The lowest BCUT2D eigenvalue weighted by Gasteiger charge is -2.29. The Labute approximate surface area is 187 Å². The number of rotatable bonds is 7. The molecule has 156 valence electrons. The second kappa shape index (κ2) is 9.59. The minimum absolute atomic E-state index is 0.0520. The fraction of sp³-hybridized carbons (Fsp3) is 0.143. The van der Waals surface area contributed by atoms with Crippen LogP contribution in [0.4, 0.5) is 5.69 Å². The monoisotopic (exact) mass is 463 g/mol. The first kappa shape index (κ1) is 22.3. The molecule has 0 saturated heterocycles. The number of carbonyl (C=O) groups is 2. The van der Waals surface area contributed by atoms with Gasteiger partial charge in [0, 0.05) is 22.5 Å². The predicted octanol–water partition coefficient (Wildman–Crippen LogP) is 4.92. The maximum atomic E-state index is 13.5. The first-order chi connectivity index (χ1) is 14.3. The van der Waals surface area contributed by atoms with Gasteiger partial charge in [-0.1, -0.05) is 53.5 Å². The van der Waals surface area contributed by atoms with E-state index in [0.717, 1.165) is 21.8 Å². The molecule has 3 aromatic rings. The second-order valence-electron chi connectivity index (χ2n) is 6.55. The number of hydrazine groups is 1. The molecule has 0 aliphatic heterocycles. The van der Waals surface area contributed by atoms with Crippen molar-refractivity contribution in [1.29, 1.82) is 0 Å². The molecule has 4 N–H and O–H groups in total. The third-order valence-electron chi connectivity index (χ3n) is 4.46. The van der Waals surface area contributed by atoms with Crippen LogP contribution in [0, 0.1) is 0 Å². The summed E-state index contributed by atoms with van der Waals surface area (Å²) in [7, 11) is 0. The van der Waals surface area contributed by atoms with Gasteiger partial charge in [0.15, 0.2) is 0 Å². The molecule has 0 bridgehead atoms. The van der Waals surface area contributed by atoms with E-state index in [-0.39, 0.29) is 27.7 Å². The number of anilines is 1. The molecule has 1 aromatic heterocycles. The minimum Gasteiger partial charge on any atom is -0.477 e. The van der Waals surface area contributed by atoms with E-state index in [4.69, 9.17) is 29.0 Å². The molecule has 6 nitrogen and oxygen atoms in total. The number of nitrogens with one attached hydrogen (secondary N) is 1. The Morgan fingerprint density at radius 1 is 1.17 bits per heavy atom. The number of amides is 1. The zero-order valence-corrected chi connectivity index (χ0v) is 18.3. The third kappa shape index (κ3) is 4.66. The van der Waals surface area contributed by atoms with Crippen LogP contribution in [0.5, 0.6) is 0 Å². The zero-order valence-electron chi connectivity index (χ0n) is 15.9. The van der Waals surface area contributed by atoms with Gasteiger partial charge in [-0.25, -0.2) is 4.79 Å². The highest BCUT2D eigenvalue weighted by molar-refractivity contribution is 7.18. The normalized spacial score (nSPS) is 11.9. The average molecular weight is 464 g/mol. The third-order valence-corrected chi connectivity index (χ3v) is 6.17. The van der Waals surface area contributed by atoms with E-state index in [1.807, 2.05) is 30.3 Å².